The molecule has 1 fully saturated rings. The molecule has 1 heterocycles. The second-order valence-electron chi connectivity index (χ2n) is 5.38. The van der Waals surface area contributed by atoms with Crippen LogP contribution in [0.1, 0.15) is 18.4 Å². The second kappa shape index (κ2) is 7.04. The van der Waals surface area contributed by atoms with Gasteiger partial charge in [0.05, 0.1) is 13.2 Å². The van der Waals surface area contributed by atoms with Crippen molar-refractivity contribution < 1.29 is 20.1 Å². The molecule has 5 nitrogen and oxygen atoms in total. The molecule has 0 radical (unpaired) electrons. The molecular weight excluding hydrogens is 258 g/mol. The monoisotopic (exact) mass is 281 g/mol. The summed E-state index contributed by atoms with van der Waals surface area (Å²) in [5.41, 5.74) is 0.0437. The summed E-state index contributed by atoms with van der Waals surface area (Å²) in [5.74, 6) is 0.764. The van der Waals surface area contributed by atoms with Crippen molar-refractivity contribution >= 4 is 0 Å². The molecular formula is C15H23NO4. The van der Waals surface area contributed by atoms with Gasteiger partial charge < -0.3 is 20.1 Å². The van der Waals surface area contributed by atoms with Gasteiger partial charge in [0.15, 0.2) is 0 Å². The van der Waals surface area contributed by atoms with Crippen LogP contribution in [-0.4, -0.2) is 58.7 Å². The number of benzene rings is 1. The van der Waals surface area contributed by atoms with Crippen LogP contribution in [0.25, 0.3) is 0 Å². The average molecular weight is 281 g/mol. The van der Waals surface area contributed by atoms with Crippen LogP contribution in [0.2, 0.25) is 0 Å². The van der Waals surface area contributed by atoms with Gasteiger partial charge in [-0.25, -0.2) is 0 Å². The van der Waals surface area contributed by atoms with Crippen LogP contribution in [-0.2, 0) is 6.54 Å². The molecule has 0 aliphatic carbocycles. The van der Waals surface area contributed by atoms with E-state index in [-0.39, 0.29) is 19.8 Å². The minimum atomic E-state index is -0.987. The van der Waals surface area contributed by atoms with E-state index in [9.17, 15) is 10.2 Å². The van der Waals surface area contributed by atoms with Crippen molar-refractivity contribution in [2.24, 2.45) is 0 Å². The summed E-state index contributed by atoms with van der Waals surface area (Å²) >= 11 is 0. The molecule has 1 aliphatic heterocycles. The maximum absolute atomic E-state index is 10.2. The first-order valence-corrected chi connectivity index (χ1v) is 7.04. The van der Waals surface area contributed by atoms with Crippen molar-refractivity contribution in [3.05, 3.63) is 29.8 Å². The number of aliphatic hydroxyl groups excluding tert-OH is 2. The van der Waals surface area contributed by atoms with Crippen LogP contribution < -0.4 is 4.74 Å². The van der Waals surface area contributed by atoms with E-state index in [1.807, 2.05) is 24.3 Å². The summed E-state index contributed by atoms with van der Waals surface area (Å²) in [5, 5.41) is 28.3. The number of likely N-dealkylation sites (tertiary alicyclic amines) is 1. The molecule has 1 aromatic carbocycles. The fourth-order valence-electron chi connectivity index (χ4n) is 2.64. The number of ether oxygens (including phenoxy) is 1. The number of piperidine rings is 1. The molecule has 1 saturated heterocycles. The van der Waals surface area contributed by atoms with Gasteiger partial charge in [-0.1, -0.05) is 18.2 Å². The Kier molecular flexibility index (Phi) is 5.37. The molecule has 0 amide bonds. The van der Waals surface area contributed by atoms with Gasteiger partial charge in [0.2, 0.25) is 0 Å². The molecule has 2 rings (SSSR count). The number of β-amino-alcohol motifs (C(OH)–C–C–N with tert-alkyl or cyclic N) is 1. The van der Waals surface area contributed by atoms with E-state index in [1.165, 1.54) is 0 Å². The lowest BCUT2D eigenvalue weighted by atomic mass is 9.93. The van der Waals surface area contributed by atoms with Crippen LogP contribution in [0.4, 0.5) is 0 Å². The molecule has 0 aromatic heterocycles. The van der Waals surface area contributed by atoms with E-state index in [4.69, 9.17) is 9.84 Å². The van der Waals surface area contributed by atoms with Gasteiger partial charge in [0, 0.05) is 18.7 Å². The van der Waals surface area contributed by atoms with Crippen molar-refractivity contribution in [2.75, 3.05) is 32.9 Å². The van der Waals surface area contributed by atoms with Gasteiger partial charge in [-0.2, -0.15) is 0 Å². The van der Waals surface area contributed by atoms with Gasteiger partial charge >= 0.3 is 0 Å². The topological polar surface area (TPSA) is 73.2 Å². The Hall–Kier alpha value is -1.14. The van der Waals surface area contributed by atoms with E-state index in [2.05, 4.69) is 4.90 Å². The Morgan fingerprint density at radius 1 is 1.25 bits per heavy atom. The molecule has 1 atom stereocenters. The Morgan fingerprint density at radius 3 is 2.80 bits per heavy atom. The number of hydrogen-bond donors (Lipinski definition) is 3. The second-order valence-corrected chi connectivity index (χ2v) is 5.38. The lowest BCUT2D eigenvalue weighted by molar-refractivity contribution is -0.0688. The fraction of sp³-hybridized carbons (Fsp3) is 0.600. The minimum absolute atomic E-state index is 0.0116. The third kappa shape index (κ3) is 3.93. The lowest BCUT2D eigenvalue weighted by Gasteiger charge is -2.38. The molecule has 0 spiro atoms. The number of hydrogen-bond acceptors (Lipinski definition) is 5. The summed E-state index contributed by atoms with van der Waals surface area (Å²) in [6.45, 7) is 2.10. The lowest BCUT2D eigenvalue weighted by Crippen LogP contribution is -2.50. The van der Waals surface area contributed by atoms with Crippen LogP contribution in [0.15, 0.2) is 24.3 Å². The summed E-state index contributed by atoms with van der Waals surface area (Å²) in [6.07, 6.45) is 1.51. The first-order valence-electron chi connectivity index (χ1n) is 7.04. The predicted molar refractivity (Wildman–Crippen MR) is 75.6 cm³/mol. The zero-order chi connectivity index (χ0) is 14.4. The van der Waals surface area contributed by atoms with E-state index in [0.29, 0.717) is 19.5 Å². The van der Waals surface area contributed by atoms with Crippen molar-refractivity contribution in [2.45, 2.75) is 25.0 Å². The molecule has 112 valence electrons. The summed E-state index contributed by atoms with van der Waals surface area (Å²) in [6, 6.07) is 7.71. The van der Waals surface area contributed by atoms with E-state index in [1.54, 1.807) is 0 Å². The van der Waals surface area contributed by atoms with Gasteiger partial charge in [0.1, 0.15) is 18.0 Å². The highest BCUT2D eigenvalue weighted by Crippen LogP contribution is 2.25. The smallest absolute Gasteiger partial charge is 0.123 e. The quantitative estimate of drug-likeness (QED) is 0.703. The Labute approximate surface area is 119 Å². The normalized spacial score (nSPS) is 23.8. The third-order valence-electron chi connectivity index (χ3n) is 3.64. The highest BCUT2D eigenvalue weighted by Gasteiger charge is 2.32. The zero-order valence-electron chi connectivity index (χ0n) is 11.7. The molecule has 20 heavy (non-hydrogen) atoms. The standard InChI is InChI=1S/C15H23NO4/c17-8-9-20-14-5-2-1-4-13(14)10-16-7-3-6-15(19,11-16)12-18/h1-2,4-5,17-19H,3,6-12H2/t15-/m1/s1. The maximum atomic E-state index is 10.2. The van der Waals surface area contributed by atoms with Gasteiger partial charge in [-0.05, 0) is 25.5 Å². The van der Waals surface area contributed by atoms with Gasteiger partial charge in [0.25, 0.3) is 0 Å². The maximum Gasteiger partial charge on any atom is 0.123 e. The SMILES string of the molecule is OCCOc1ccccc1CN1CCC[C@](O)(CO)C1. The van der Waals surface area contributed by atoms with E-state index in [0.717, 1.165) is 24.3 Å². The summed E-state index contributed by atoms with van der Waals surface area (Å²) in [7, 11) is 0. The Morgan fingerprint density at radius 2 is 2.05 bits per heavy atom. The third-order valence-corrected chi connectivity index (χ3v) is 3.64. The number of para-hydroxylation sites is 1. The highest BCUT2D eigenvalue weighted by molar-refractivity contribution is 5.33. The van der Waals surface area contributed by atoms with Gasteiger partial charge in [-0.3, -0.25) is 4.90 Å². The number of nitrogens with zero attached hydrogens (tertiary/aromatic N) is 1. The molecule has 0 unspecified atom stereocenters. The Balaban J connectivity index is 2.02. The predicted octanol–water partition coefficient (Wildman–Crippen LogP) is 0.377. The molecule has 1 aromatic rings. The largest absolute Gasteiger partial charge is 0.491 e. The first kappa shape index (κ1) is 15.3. The van der Waals surface area contributed by atoms with Crippen molar-refractivity contribution in [3.8, 4) is 5.75 Å². The molecule has 5 heteroatoms. The zero-order valence-corrected chi connectivity index (χ0v) is 11.7. The van der Waals surface area contributed by atoms with Gasteiger partial charge in [-0.15, -0.1) is 0 Å². The van der Waals surface area contributed by atoms with E-state index < -0.39 is 5.60 Å². The van der Waals surface area contributed by atoms with Crippen LogP contribution in [0.5, 0.6) is 5.75 Å². The average Bonchev–Trinajstić information content (AvgIpc) is 2.46. The van der Waals surface area contributed by atoms with E-state index >= 15 is 0 Å². The molecule has 3 N–H and O–H groups in total. The number of aliphatic hydroxyl groups is 3. The van der Waals surface area contributed by atoms with Crippen molar-refractivity contribution in [1.82, 2.24) is 4.90 Å². The summed E-state index contributed by atoms with van der Waals surface area (Å²) in [4.78, 5) is 2.13. The summed E-state index contributed by atoms with van der Waals surface area (Å²) < 4.78 is 5.52. The van der Waals surface area contributed by atoms with Crippen LogP contribution in [0, 0.1) is 0 Å². The first-order chi connectivity index (χ1) is 9.67. The van der Waals surface area contributed by atoms with Crippen LogP contribution >= 0.6 is 0 Å². The molecule has 0 saturated carbocycles. The fourth-order valence-corrected chi connectivity index (χ4v) is 2.64. The molecule has 0 bridgehead atoms. The number of rotatable bonds is 6. The van der Waals surface area contributed by atoms with Crippen molar-refractivity contribution in [3.63, 3.8) is 0 Å². The Bertz CT molecular complexity index is 426. The van der Waals surface area contributed by atoms with Crippen molar-refractivity contribution in [1.29, 1.82) is 0 Å². The van der Waals surface area contributed by atoms with Crippen LogP contribution in [0.3, 0.4) is 0 Å². The highest BCUT2D eigenvalue weighted by atomic mass is 16.5. The molecule has 1 aliphatic rings. The minimum Gasteiger partial charge on any atom is -0.491 e.